The fourth-order valence-corrected chi connectivity index (χ4v) is 2.95. The standard InChI is InChI=1S/C17H14N4O2S/c1-12-7-9-13(10-8-12)20-16-15(21(22)23)17(19-11-18-16)24-14-5-3-2-4-6-14/h2-11H,1H3,(H,18,19,20). The molecule has 0 bridgehead atoms. The van der Waals surface area contributed by atoms with Crippen molar-refractivity contribution in [3.8, 4) is 0 Å². The van der Waals surface area contributed by atoms with Gasteiger partial charge in [-0.15, -0.1) is 0 Å². The summed E-state index contributed by atoms with van der Waals surface area (Å²) in [5.74, 6) is 0.178. The van der Waals surface area contributed by atoms with Crippen LogP contribution in [0.1, 0.15) is 5.56 Å². The third-order valence-electron chi connectivity index (χ3n) is 3.24. The van der Waals surface area contributed by atoms with E-state index in [9.17, 15) is 10.1 Å². The Bertz CT molecular complexity index is 854. The Hall–Kier alpha value is -2.93. The van der Waals surface area contributed by atoms with Crippen LogP contribution in [0.15, 0.2) is 70.8 Å². The molecule has 24 heavy (non-hydrogen) atoms. The van der Waals surface area contributed by atoms with Crippen molar-refractivity contribution in [1.82, 2.24) is 9.97 Å². The topological polar surface area (TPSA) is 81.0 Å². The molecular weight excluding hydrogens is 324 g/mol. The average molecular weight is 338 g/mol. The van der Waals surface area contributed by atoms with Crippen LogP contribution in [0, 0.1) is 17.0 Å². The highest BCUT2D eigenvalue weighted by molar-refractivity contribution is 7.99. The quantitative estimate of drug-likeness (QED) is 0.416. The van der Waals surface area contributed by atoms with Crippen LogP contribution in [0.5, 0.6) is 0 Å². The Morgan fingerprint density at radius 2 is 1.75 bits per heavy atom. The molecule has 0 aliphatic rings. The third kappa shape index (κ3) is 3.69. The first-order chi connectivity index (χ1) is 11.6. The predicted octanol–water partition coefficient (Wildman–Crippen LogP) is 4.59. The minimum absolute atomic E-state index is 0.132. The highest BCUT2D eigenvalue weighted by Crippen LogP contribution is 2.37. The number of anilines is 2. The summed E-state index contributed by atoms with van der Waals surface area (Å²) in [5.41, 5.74) is 1.71. The van der Waals surface area contributed by atoms with Gasteiger partial charge in [0.1, 0.15) is 6.33 Å². The van der Waals surface area contributed by atoms with Gasteiger partial charge in [0.05, 0.1) is 4.92 Å². The van der Waals surface area contributed by atoms with Crippen molar-refractivity contribution in [1.29, 1.82) is 0 Å². The lowest BCUT2D eigenvalue weighted by Crippen LogP contribution is -2.02. The highest BCUT2D eigenvalue weighted by atomic mass is 32.2. The summed E-state index contributed by atoms with van der Waals surface area (Å²) in [6, 6.07) is 17.0. The number of aromatic nitrogens is 2. The van der Waals surface area contributed by atoms with Crippen LogP contribution in [-0.4, -0.2) is 14.9 Å². The SMILES string of the molecule is Cc1ccc(Nc2ncnc(Sc3ccccc3)c2[N+](=O)[O-])cc1. The zero-order valence-corrected chi connectivity index (χ0v) is 13.7. The summed E-state index contributed by atoms with van der Waals surface area (Å²) < 4.78 is 0. The predicted molar refractivity (Wildman–Crippen MR) is 93.7 cm³/mol. The number of aryl methyl sites for hydroxylation is 1. The smallest absolute Gasteiger partial charge is 0.334 e. The van der Waals surface area contributed by atoms with Gasteiger partial charge in [-0.05, 0) is 31.2 Å². The molecule has 3 rings (SSSR count). The lowest BCUT2D eigenvalue weighted by Gasteiger charge is -2.08. The molecule has 7 heteroatoms. The van der Waals surface area contributed by atoms with Gasteiger partial charge >= 0.3 is 5.69 Å². The molecule has 0 fully saturated rings. The van der Waals surface area contributed by atoms with Crippen LogP contribution in [-0.2, 0) is 0 Å². The molecule has 120 valence electrons. The second-order valence-corrected chi connectivity index (χ2v) is 6.10. The average Bonchev–Trinajstić information content (AvgIpc) is 2.58. The molecule has 0 aliphatic heterocycles. The van der Waals surface area contributed by atoms with E-state index in [0.717, 1.165) is 16.1 Å². The van der Waals surface area contributed by atoms with E-state index in [-0.39, 0.29) is 11.5 Å². The Labute approximate surface area is 143 Å². The van der Waals surface area contributed by atoms with Crippen LogP contribution in [0.2, 0.25) is 0 Å². The molecule has 0 aliphatic carbocycles. The number of hydrogen-bond acceptors (Lipinski definition) is 6. The van der Waals surface area contributed by atoms with Crippen molar-refractivity contribution in [3.05, 3.63) is 76.6 Å². The number of nitrogens with zero attached hydrogens (tertiary/aromatic N) is 3. The number of benzene rings is 2. The van der Waals surface area contributed by atoms with E-state index in [0.29, 0.717) is 5.03 Å². The van der Waals surface area contributed by atoms with Gasteiger partial charge in [-0.1, -0.05) is 47.7 Å². The van der Waals surface area contributed by atoms with E-state index >= 15 is 0 Å². The van der Waals surface area contributed by atoms with Crippen molar-refractivity contribution in [2.45, 2.75) is 16.8 Å². The lowest BCUT2D eigenvalue weighted by atomic mass is 10.2. The molecule has 0 atom stereocenters. The maximum atomic E-state index is 11.5. The summed E-state index contributed by atoms with van der Waals surface area (Å²) in [6.45, 7) is 1.98. The minimum Gasteiger partial charge on any atom is -0.334 e. The number of nitrogens with one attached hydrogen (secondary N) is 1. The van der Waals surface area contributed by atoms with Gasteiger partial charge in [-0.25, -0.2) is 9.97 Å². The second-order valence-electron chi connectivity index (χ2n) is 5.04. The Morgan fingerprint density at radius 3 is 2.42 bits per heavy atom. The van der Waals surface area contributed by atoms with E-state index in [1.54, 1.807) is 0 Å². The van der Waals surface area contributed by atoms with Crippen LogP contribution >= 0.6 is 11.8 Å². The molecule has 1 aromatic heterocycles. The molecule has 6 nitrogen and oxygen atoms in total. The molecule has 0 saturated carbocycles. The second kappa shape index (κ2) is 7.10. The minimum atomic E-state index is -0.457. The fourth-order valence-electron chi connectivity index (χ4n) is 2.07. The Balaban J connectivity index is 1.96. The van der Waals surface area contributed by atoms with Crippen molar-refractivity contribution >= 4 is 29.0 Å². The first kappa shape index (κ1) is 15.9. The zero-order valence-electron chi connectivity index (χ0n) is 12.8. The van der Waals surface area contributed by atoms with Gasteiger partial charge in [0.15, 0.2) is 5.03 Å². The van der Waals surface area contributed by atoms with Gasteiger partial charge < -0.3 is 5.32 Å². The molecule has 0 saturated heterocycles. The summed E-state index contributed by atoms with van der Waals surface area (Å²) in [4.78, 5) is 20.1. The third-order valence-corrected chi connectivity index (χ3v) is 4.24. The maximum absolute atomic E-state index is 11.5. The summed E-state index contributed by atoms with van der Waals surface area (Å²) >= 11 is 1.24. The summed E-state index contributed by atoms with van der Waals surface area (Å²) in [5, 5.41) is 14.9. The first-order valence-corrected chi connectivity index (χ1v) is 8.01. The van der Waals surface area contributed by atoms with E-state index < -0.39 is 4.92 Å². The first-order valence-electron chi connectivity index (χ1n) is 7.19. The molecule has 2 aromatic carbocycles. The normalized spacial score (nSPS) is 10.4. The van der Waals surface area contributed by atoms with Gasteiger partial charge in [0.25, 0.3) is 0 Å². The van der Waals surface area contributed by atoms with Crippen LogP contribution in [0.25, 0.3) is 0 Å². The number of rotatable bonds is 5. The van der Waals surface area contributed by atoms with Crippen LogP contribution in [0.4, 0.5) is 17.2 Å². The lowest BCUT2D eigenvalue weighted by molar-refractivity contribution is -0.387. The van der Waals surface area contributed by atoms with Crippen LogP contribution in [0.3, 0.4) is 0 Å². The van der Waals surface area contributed by atoms with E-state index in [1.807, 2.05) is 61.5 Å². The van der Waals surface area contributed by atoms with E-state index in [2.05, 4.69) is 15.3 Å². The van der Waals surface area contributed by atoms with E-state index in [4.69, 9.17) is 0 Å². The van der Waals surface area contributed by atoms with Gasteiger partial charge in [-0.3, -0.25) is 10.1 Å². The Morgan fingerprint density at radius 1 is 1.04 bits per heavy atom. The fraction of sp³-hybridized carbons (Fsp3) is 0.0588. The molecule has 1 N–H and O–H groups in total. The van der Waals surface area contributed by atoms with Crippen molar-refractivity contribution in [2.24, 2.45) is 0 Å². The molecule has 3 aromatic rings. The van der Waals surface area contributed by atoms with E-state index in [1.165, 1.54) is 18.1 Å². The summed E-state index contributed by atoms with van der Waals surface area (Å²) in [7, 11) is 0. The maximum Gasteiger partial charge on any atom is 0.343 e. The van der Waals surface area contributed by atoms with Crippen molar-refractivity contribution < 1.29 is 4.92 Å². The van der Waals surface area contributed by atoms with Crippen molar-refractivity contribution in [3.63, 3.8) is 0 Å². The van der Waals surface area contributed by atoms with Gasteiger partial charge in [0, 0.05) is 10.6 Å². The van der Waals surface area contributed by atoms with Crippen LogP contribution < -0.4 is 5.32 Å². The molecule has 0 spiro atoms. The molecule has 0 unspecified atom stereocenters. The molecule has 0 radical (unpaired) electrons. The highest BCUT2D eigenvalue weighted by Gasteiger charge is 2.23. The monoisotopic (exact) mass is 338 g/mol. The van der Waals surface area contributed by atoms with Gasteiger partial charge in [0.2, 0.25) is 5.82 Å². The number of hydrogen-bond donors (Lipinski definition) is 1. The molecule has 1 heterocycles. The van der Waals surface area contributed by atoms with Gasteiger partial charge in [-0.2, -0.15) is 0 Å². The molecular formula is C17H14N4O2S. The Kier molecular flexibility index (Phi) is 4.72. The molecule has 0 amide bonds. The number of nitro groups is 1. The summed E-state index contributed by atoms with van der Waals surface area (Å²) in [6.07, 6.45) is 1.33. The van der Waals surface area contributed by atoms with Crippen molar-refractivity contribution in [2.75, 3.05) is 5.32 Å². The largest absolute Gasteiger partial charge is 0.343 e. The zero-order chi connectivity index (χ0) is 16.9.